The van der Waals surface area contributed by atoms with Gasteiger partial charge in [-0.05, 0) is 31.6 Å². The Morgan fingerprint density at radius 3 is 2.80 bits per heavy atom. The van der Waals surface area contributed by atoms with E-state index in [0.717, 1.165) is 38.8 Å². The molecule has 2 N–H and O–H groups in total. The Bertz CT molecular complexity index is 233. The van der Waals surface area contributed by atoms with Gasteiger partial charge in [0.15, 0.2) is 0 Å². The summed E-state index contributed by atoms with van der Waals surface area (Å²) in [7, 11) is 1.87. The summed E-state index contributed by atoms with van der Waals surface area (Å²) in [5.74, 6) is 0.753. The van der Waals surface area contributed by atoms with E-state index in [9.17, 15) is 4.79 Å². The summed E-state index contributed by atoms with van der Waals surface area (Å²) in [6.45, 7) is 1.57. The van der Waals surface area contributed by atoms with Crippen molar-refractivity contribution in [3.8, 4) is 0 Å². The standard InChI is InChI=1S/C11H20N2O2/c1-13(7-8-5-9(12)6-8)11(14)10-3-2-4-15-10/h8-10H,2-7,12H2,1H3. The zero-order chi connectivity index (χ0) is 10.8. The number of hydrogen-bond acceptors (Lipinski definition) is 3. The van der Waals surface area contributed by atoms with Crippen molar-refractivity contribution in [2.75, 3.05) is 20.2 Å². The van der Waals surface area contributed by atoms with E-state index in [1.165, 1.54) is 0 Å². The van der Waals surface area contributed by atoms with E-state index in [1.807, 2.05) is 11.9 Å². The zero-order valence-corrected chi connectivity index (χ0v) is 9.32. The number of hydrogen-bond donors (Lipinski definition) is 1. The molecule has 2 fully saturated rings. The summed E-state index contributed by atoms with van der Waals surface area (Å²) in [6.07, 6.45) is 3.84. The minimum absolute atomic E-state index is 0.146. The van der Waals surface area contributed by atoms with Crippen LogP contribution in [0.25, 0.3) is 0 Å². The molecule has 4 nitrogen and oxygen atoms in total. The van der Waals surface area contributed by atoms with E-state index in [2.05, 4.69) is 0 Å². The molecule has 1 amide bonds. The second-order valence-electron chi connectivity index (χ2n) is 4.82. The fourth-order valence-electron chi connectivity index (χ4n) is 2.43. The maximum Gasteiger partial charge on any atom is 0.251 e. The van der Waals surface area contributed by atoms with Gasteiger partial charge in [0, 0.05) is 26.2 Å². The van der Waals surface area contributed by atoms with Crippen LogP contribution in [0, 0.1) is 5.92 Å². The summed E-state index contributed by atoms with van der Waals surface area (Å²) in [5.41, 5.74) is 5.71. The van der Waals surface area contributed by atoms with E-state index in [-0.39, 0.29) is 12.0 Å². The molecule has 15 heavy (non-hydrogen) atoms. The largest absolute Gasteiger partial charge is 0.368 e. The van der Waals surface area contributed by atoms with Crippen molar-refractivity contribution >= 4 is 5.91 Å². The van der Waals surface area contributed by atoms with Gasteiger partial charge in [0.1, 0.15) is 6.10 Å². The number of ether oxygens (including phenoxy) is 1. The Balaban J connectivity index is 1.74. The molecule has 1 heterocycles. The quantitative estimate of drug-likeness (QED) is 0.735. The SMILES string of the molecule is CN(CC1CC(N)C1)C(=O)C1CCCO1. The first-order valence-electron chi connectivity index (χ1n) is 5.79. The minimum Gasteiger partial charge on any atom is -0.368 e. The molecule has 0 aromatic heterocycles. The molecule has 0 bridgehead atoms. The first kappa shape index (κ1) is 10.9. The maximum atomic E-state index is 11.9. The van der Waals surface area contributed by atoms with E-state index < -0.39 is 0 Å². The fourth-order valence-corrected chi connectivity index (χ4v) is 2.43. The molecule has 2 aliphatic rings. The highest BCUT2D eigenvalue weighted by atomic mass is 16.5. The molecule has 2 rings (SSSR count). The third-order valence-electron chi connectivity index (χ3n) is 3.39. The average molecular weight is 212 g/mol. The smallest absolute Gasteiger partial charge is 0.251 e. The number of amides is 1. The van der Waals surface area contributed by atoms with Gasteiger partial charge in [-0.1, -0.05) is 0 Å². The number of rotatable bonds is 3. The van der Waals surface area contributed by atoms with Crippen LogP contribution < -0.4 is 5.73 Å². The van der Waals surface area contributed by atoms with Crippen molar-refractivity contribution in [1.29, 1.82) is 0 Å². The van der Waals surface area contributed by atoms with Crippen LogP contribution in [0.2, 0.25) is 0 Å². The monoisotopic (exact) mass is 212 g/mol. The molecule has 1 saturated carbocycles. The second-order valence-corrected chi connectivity index (χ2v) is 4.82. The van der Waals surface area contributed by atoms with Crippen LogP contribution in [-0.2, 0) is 9.53 Å². The second kappa shape index (κ2) is 4.49. The van der Waals surface area contributed by atoms with Crippen LogP contribution in [0.1, 0.15) is 25.7 Å². The molecule has 1 atom stereocenters. The Morgan fingerprint density at radius 1 is 1.53 bits per heavy atom. The van der Waals surface area contributed by atoms with Gasteiger partial charge < -0.3 is 15.4 Å². The molecule has 1 aliphatic carbocycles. The van der Waals surface area contributed by atoms with Crippen LogP contribution in [0.15, 0.2) is 0 Å². The van der Waals surface area contributed by atoms with Crippen molar-refractivity contribution in [3.63, 3.8) is 0 Å². The summed E-state index contributed by atoms with van der Waals surface area (Å²) in [6, 6.07) is 0.362. The summed E-state index contributed by atoms with van der Waals surface area (Å²) >= 11 is 0. The number of carbonyl (C=O) groups is 1. The predicted octanol–water partition coefficient (Wildman–Crippen LogP) is 0.361. The lowest BCUT2D eigenvalue weighted by Gasteiger charge is -2.35. The lowest BCUT2D eigenvalue weighted by Crippen LogP contribution is -2.45. The summed E-state index contributed by atoms with van der Waals surface area (Å²) in [5, 5.41) is 0. The van der Waals surface area contributed by atoms with Crippen molar-refractivity contribution in [2.24, 2.45) is 11.7 Å². The highest BCUT2D eigenvalue weighted by Gasteiger charge is 2.31. The Morgan fingerprint density at radius 2 is 2.27 bits per heavy atom. The molecular formula is C11H20N2O2. The van der Waals surface area contributed by atoms with Gasteiger partial charge in [0.2, 0.25) is 0 Å². The summed E-state index contributed by atoms with van der Waals surface area (Å²) < 4.78 is 5.37. The molecular weight excluding hydrogens is 192 g/mol. The van der Waals surface area contributed by atoms with Crippen molar-refractivity contribution in [1.82, 2.24) is 4.90 Å². The normalized spacial score (nSPS) is 34.9. The Labute approximate surface area is 90.8 Å². The van der Waals surface area contributed by atoms with Gasteiger partial charge in [-0.25, -0.2) is 0 Å². The van der Waals surface area contributed by atoms with Crippen LogP contribution in [-0.4, -0.2) is 43.2 Å². The van der Waals surface area contributed by atoms with Gasteiger partial charge in [-0.2, -0.15) is 0 Å². The molecule has 1 aliphatic heterocycles. The summed E-state index contributed by atoms with van der Waals surface area (Å²) in [4.78, 5) is 13.7. The highest BCUT2D eigenvalue weighted by Crippen LogP contribution is 2.26. The van der Waals surface area contributed by atoms with Gasteiger partial charge >= 0.3 is 0 Å². The molecule has 0 aromatic carbocycles. The minimum atomic E-state index is -0.177. The van der Waals surface area contributed by atoms with E-state index in [4.69, 9.17) is 10.5 Å². The predicted molar refractivity (Wildman–Crippen MR) is 57.3 cm³/mol. The molecule has 4 heteroatoms. The van der Waals surface area contributed by atoms with Crippen molar-refractivity contribution in [2.45, 2.75) is 37.8 Å². The topological polar surface area (TPSA) is 55.6 Å². The van der Waals surface area contributed by atoms with Gasteiger partial charge in [-0.3, -0.25) is 4.79 Å². The van der Waals surface area contributed by atoms with Crippen molar-refractivity contribution < 1.29 is 9.53 Å². The van der Waals surface area contributed by atoms with Gasteiger partial charge in [-0.15, -0.1) is 0 Å². The fraction of sp³-hybridized carbons (Fsp3) is 0.909. The number of nitrogens with zero attached hydrogens (tertiary/aromatic N) is 1. The Kier molecular flexibility index (Phi) is 3.26. The molecule has 0 aromatic rings. The van der Waals surface area contributed by atoms with E-state index in [1.54, 1.807) is 0 Å². The maximum absolute atomic E-state index is 11.9. The molecule has 1 saturated heterocycles. The van der Waals surface area contributed by atoms with Gasteiger partial charge in [0.05, 0.1) is 0 Å². The number of carbonyl (C=O) groups excluding carboxylic acids is 1. The average Bonchev–Trinajstić information content (AvgIpc) is 2.66. The lowest BCUT2D eigenvalue weighted by molar-refractivity contribution is -0.140. The van der Waals surface area contributed by atoms with Crippen LogP contribution in [0.5, 0.6) is 0 Å². The molecule has 0 spiro atoms. The van der Waals surface area contributed by atoms with E-state index >= 15 is 0 Å². The third kappa shape index (κ3) is 2.49. The van der Waals surface area contributed by atoms with Crippen molar-refractivity contribution in [3.05, 3.63) is 0 Å². The van der Waals surface area contributed by atoms with Crippen LogP contribution in [0.4, 0.5) is 0 Å². The first-order chi connectivity index (χ1) is 7.16. The highest BCUT2D eigenvalue weighted by molar-refractivity contribution is 5.80. The number of likely N-dealkylation sites (N-methyl/N-ethyl adjacent to an activating group) is 1. The zero-order valence-electron chi connectivity index (χ0n) is 9.32. The molecule has 86 valence electrons. The van der Waals surface area contributed by atoms with Crippen LogP contribution >= 0.6 is 0 Å². The number of nitrogens with two attached hydrogens (primary N) is 1. The Hall–Kier alpha value is -0.610. The van der Waals surface area contributed by atoms with Gasteiger partial charge in [0.25, 0.3) is 5.91 Å². The first-order valence-corrected chi connectivity index (χ1v) is 5.79. The third-order valence-corrected chi connectivity index (χ3v) is 3.39. The lowest BCUT2D eigenvalue weighted by atomic mass is 9.80. The molecule has 1 unspecified atom stereocenters. The van der Waals surface area contributed by atoms with Crippen LogP contribution in [0.3, 0.4) is 0 Å². The van der Waals surface area contributed by atoms with E-state index in [0.29, 0.717) is 12.0 Å². The molecule has 0 radical (unpaired) electrons.